The zero-order valence-electron chi connectivity index (χ0n) is 10.9. The number of carbonyl (C=O) groups is 1. The van der Waals surface area contributed by atoms with Crippen LogP contribution in [0.25, 0.3) is 0 Å². The SMILES string of the molecule is COc1cc2c(cc1OC)[C@H](O)C[C@H](C(C)=O)C2. The number of methoxy groups -OCH3 is 2. The van der Waals surface area contributed by atoms with Crippen LogP contribution in [0.3, 0.4) is 0 Å². The Morgan fingerprint density at radius 2 is 1.89 bits per heavy atom. The number of benzene rings is 1. The predicted molar refractivity (Wildman–Crippen MR) is 67.0 cm³/mol. The molecule has 1 N–H and O–H groups in total. The number of hydrogen-bond donors (Lipinski definition) is 1. The number of carbonyl (C=O) groups excluding carboxylic acids is 1. The van der Waals surface area contributed by atoms with E-state index in [0.717, 1.165) is 11.1 Å². The molecule has 4 nitrogen and oxygen atoms in total. The second-order valence-corrected chi connectivity index (χ2v) is 4.67. The molecule has 4 heteroatoms. The molecule has 1 aliphatic carbocycles. The van der Waals surface area contributed by atoms with Gasteiger partial charge < -0.3 is 14.6 Å². The van der Waals surface area contributed by atoms with Gasteiger partial charge in [0.15, 0.2) is 11.5 Å². The summed E-state index contributed by atoms with van der Waals surface area (Å²) in [6.07, 6.45) is 0.530. The number of ether oxygens (including phenoxy) is 2. The molecule has 0 amide bonds. The van der Waals surface area contributed by atoms with Crippen LogP contribution in [0.4, 0.5) is 0 Å². The molecule has 0 aliphatic heterocycles. The molecule has 0 radical (unpaired) electrons. The standard InChI is InChI=1S/C14H18O4/c1-8(15)9-4-10-6-13(17-2)14(18-3)7-11(10)12(16)5-9/h6-7,9,12,16H,4-5H2,1-3H3/t9-,12-/m1/s1. The van der Waals surface area contributed by atoms with Gasteiger partial charge in [-0.3, -0.25) is 4.79 Å². The van der Waals surface area contributed by atoms with E-state index in [1.54, 1.807) is 27.2 Å². The minimum Gasteiger partial charge on any atom is -0.493 e. The Morgan fingerprint density at radius 3 is 2.44 bits per heavy atom. The summed E-state index contributed by atoms with van der Waals surface area (Å²) in [5.41, 5.74) is 1.80. The molecule has 0 saturated carbocycles. The zero-order chi connectivity index (χ0) is 13.3. The lowest BCUT2D eigenvalue weighted by Crippen LogP contribution is -2.23. The van der Waals surface area contributed by atoms with Crippen molar-refractivity contribution in [2.24, 2.45) is 5.92 Å². The molecule has 0 heterocycles. The first kappa shape index (κ1) is 12.9. The molecule has 18 heavy (non-hydrogen) atoms. The van der Waals surface area contributed by atoms with E-state index >= 15 is 0 Å². The number of rotatable bonds is 3. The lowest BCUT2D eigenvalue weighted by atomic mass is 9.80. The van der Waals surface area contributed by atoms with Gasteiger partial charge >= 0.3 is 0 Å². The molecule has 1 aromatic carbocycles. The number of fused-ring (bicyclic) bond motifs is 1. The Bertz CT molecular complexity index is 467. The first-order valence-electron chi connectivity index (χ1n) is 6.00. The molecule has 2 rings (SSSR count). The Balaban J connectivity index is 2.43. The molecule has 98 valence electrons. The van der Waals surface area contributed by atoms with Crippen LogP contribution in [0.15, 0.2) is 12.1 Å². The molecule has 1 aromatic rings. The van der Waals surface area contributed by atoms with Crippen LogP contribution in [0, 0.1) is 5.92 Å². The summed E-state index contributed by atoms with van der Waals surface area (Å²) in [5.74, 6) is 1.25. The quantitative estimate of drug-likeness (QED) is 0.890. The molecular formula is C14H18O4. The number of hydrogen-bond acceptors (Lipinski definition) is 4. The van der Waals surface area contributed by atoms with E-state index in [1.807, 2.05) is 6.07 Å². The van der Waals surface area contributed by atoms with Crippen molar-refractivity contribution in [2.75, 3.05) is 14.2 Å². The van der Waals surface area contributed by atoms with E-state index in [-0.39, 0.29) is 11.7 Å². The zero-order valence-corrected chi connectivity index (χ0v) is 10.9. The van der Waals surface area contributed by atoms with Gasteiger partial charge in [-0.2, -0.15) is 0 Å². The van der Waals surface area contributed by atoms with Crippen LogP contribution in [0.5, 0.6) is 11.5 Å². The highest BCUT2D eigenvalue weighted by Gasteiger charge is 2.29. The molecular weight excluding hydrogens is 232 g/mol. The third kappa shape index (κ3) is 2.20. The maximum Gasteiger partial charge on any atom is 0.161 e. The largest absolute Gasteiger partial charge is 0.493 e. The van der Waals surface area contributed by atoms with Crippen LogP contribution >= 0.6 is 0 Å². The van der Waals surface area contributed by atoms with Crippen molar-refractivity contribution >= 4 is 5.78 Å². The number of Topliss-reactive ketones (excluding diaryl/α,β-unsaturated/α-hetero) is 1. The smallest absolute Gasteiger partial charge is 0.161 e. The molecule has 0 aromatic heterocycles. The third-order valence-electron chi connectivity index (χ3n) is 3.55. The average molecular weight is 250 g/mol. The second kappa shape index (κ2) is 4.98. The van der Waals surface area contributed by atoms with Gasteiger partial charge in [0.05, 0.1) is 20.3 Å². The van der Waals surface area contributed by atoms with Gasteiger partial charge in [-0.15, -0.1) is 0 Å². The summed E-state index contributed by atoms with van der Waals surface area (Å²) in [7, 11) is 3.14. The lowest BCUT2D eigenvalue weighted by Gasteiger charge is -2.28. The van der Waals surface area contributed by atoms with Crippen molar-refractivity contribution in [3.8, 4) is 11.5 Å². The summed E-state index contributed by atoms with van der Waals surface area (Å²) in [5, 5.41) is 10.1. The average Bonchev–Trinajstić information content (AvgIpc) is 2.36. The maximum atomic E-state index is 11.5. The summed E-state index contributed by atoms with van der Waals surface area (Å²) >= 11 is 0. The van der Waals surface area contributed by atoms with Crippen LogP contribution in [0.2, 0.25) is 0 Å². The van der Waals surface area contributed by atoms with Crippen molar-refractivity contribution in [1.29, 1.82) is 0 Å². The Hall–Kier alpha value is -1.55. The highest BCUT2D eigenvalue weighted by Crippen LogP contribution is 2.40. The normalized spacial score (nSPS) is 22.2. The van der Waals surface area contributed by atoms with Gasteiger partial charge in [-0.25, -0.2) is 0 Å². The number of ketones is 1. The first-order valence-corrected chi connectivity index (χ1v) is 6.00. The summed E-state index contributed by atoms with van der Waals surface area (Å²) in [6, 6.07) is 3.65. The van der Waals surface area contributed by atoms with Crippen molar-refractivity contribution < 1.29 is 19.4 Å². The van der Waals surface area contributed by atoms with E-state index in [9.17, 15) is 9.90 Å². The Kier molecular flexibility index (Phi) is 3.57. The van der Waals surface area contributed by atoms with Crippen LogP contribution in [-0.2, 0) is 11.2 Å². The summed E-state index contributed by atoms with van der Waals surface area (Å²) < 4.78 is 10.5. The van der Waals surface area contributed by atoms with Gasteiger partial charge in [-0.1, -0.05) is 0 Å². The molecule has 0 fully saturated rings. The van der Waals surface area contributed by atoms with Crippen molar-refractivity contribution in [1.82, 2.24) is 0 Å². The Labute approximate surface area is 107 Å². The third-order valence-corrected chi connectivity index (χ3v) is 3.55. The van der Waals surface area contributed by atoms with E-state index < -0.39 is 6.10 Å². The fraction of sp³-hybridized carbons (Fsp3) is 0.500. The topological polar surface area (TPSA) is 55.8 Å². The van der Waals surface area contributed by atoms with Crippen molar-refractivity contribution in [3.63, 3.8) is 0 Å². The fourth-order valence-corrected chi connectivity index (χ4v) is 2.48. The van der Waals surface area contributed by atoms with E-state index in [4.69, 9.17) is 9.47 Å². The molecule has 0 bridgehead atoms. The lowest BCUT2D eigenvalue weighted by molar-refractivity contribution is -0.122. The number of aliphatic hydroxyl groups is 1. The van der Waals surface area contributed by atoms with Crippen molar-refractivity contribution in [3.05, 3.63) is 23.3 Å². The van der Waals surface area contributed by atoms with E-state index in [1.165, 1.54) is 0 Å². The van der Waals surface area contributed by atoms with Crippen molar-refractivity contribution in [2.45, 2.75) is 25.9 Å². The molecule has 2 atom stereocenters. The molecule has 0 unspecified atom stereocenters. The Morgan fingerprint density at radius 1 is 1.28 bits per heavy atom. The maximum absolute atomic E-state index is 11.5. The van der Waals surface area contributed by atoms with Gasteiger partial charge in [-0.05, 0) is 43.0 Å². The molecule has 0 spiro atoms. The highest BCUT2D eigenvalue weighted by atomic mass is 16.5. The highest BCUT2D eigenvalue weighted by molar-refractivity contribution is 5.79. The monoisotopic (exact) mass is 250 g/mol. The minimum absolute atomic E-state index is 0.106. The van der Waals surface area contributed by atoms with Crippen LogP contribution in [0.1, 0.15) is 30.6 Å². The van der Waals surface area contributed by atoms with Gasteiger partial charge in [0.2, 0.25) is 0 Å². The second-order valence-electron chi connectivity index (χ2n) is 4.67. The van der Waals surface area contributed by atoms with Gasteiger partial charge in [0.1, 0.15) is 5.78 Å². The van der Waals surface area contributed by atoms with Crippen LogP contribution in [-0.4, -0.2) is 25.1 Å². The van der Waals surface area contributed by atoms with Crippen LogP contribution < -0.4 is 9.47 Å². The van der Waals surface area contributed by atoms with E-state index in [0.29, 0.717) is 24.3 Å². The van der Waals surface area contributed by atoms with Gasteiger partial charge in [0.25, 0.3) is 0 Å². The van der Waals surface area contributed by atoms with E-state index in [2.05, 4.69) is 0 Å². The summed E-state index contributed by atoms with van der Waals surface area (Å²) in [6.45, 7) is 1.57. The molecule has 1 aliphatic rings. The van der Waals surface area contributed by atoms with Gasteiger partial charge in [0, 0.05) is 5.92 Å². The first-order chi connectivity index (χ1) is 8.56. The fourth-order valence-electron chi connectivity index (χ4n) is 2.48. The predicted octanol–water partition coefficient (Wildman–Crippen LogP) is 1.89. The number of aliphatic hydroxyl groups excluding tert-OH is 1. The molecule has 0 saturated heterocycles. The minimum atomic E-state index is -0.609. The summed E-state index contributed by atoms with van der Waals surface area (Å²) in [4.78, 5) is 11.5.